The molecule has 3 rings (SSSR count). The van der Waals surface area contributed by atoms with E-state index >= 15 is 0 Å². The number of rotatable bonds is 8. The second kappa shape index (κ2) is 9.54. The molecule has 0 amide bonds. The molecule has 0 aliphatic heterocycles. The Hall–Kier alpha value is -3.89. The molecule has 2 aromatic carbocycles. The highest BCUT2D eigenvalue weighted by Crippen LogP contribution is 2.32. The second-order valence-corrected chi connectivity index (χ2v) is 6.48. The highest BCUT2D eigenvalue weighted by Gasteiger charge is 2.17. The van der Waals surface area contributed by atoms with Crippen LogP contribution in [0.15, 0.2) is 54.7 Å². The molecule has 0 spiro atoms. The van der Waals surface area contributed by atoms with Gasteiger partial charge in [0.25, 0.3) is 0 Å². The van der Waals surface area contributed by atoms with Crippen molar-refractivity contribution >= 4 is 5.97 Å². The highest BCUT2D eigenvalue weighted by atomic mass is 16.7. The molecule has 1 N–H and O–H groups in total. The number of aromatic nitrogens is 1. The fourth-order valence-corrected chi connectivity index (χ4v) is 2.93. The van der Waals surface area contributed by atoms with E-state index in [2.05, 4.69) is 11.1 Å². The lowest BCUT2D eigenvalue weighted by molar-refractivity contribution is 0.0481. The van der Waals surface area contributed by atoms with Crippen molar-refractivity contribution in [2.24, 2.45) is 0 Å². The molecule has 7 heteroatoms. The van der Waals surface area contributed by atoms with Gasteiger partial charge in [-0.3, -0.25) is 4.98 Å². The van der Waals surface area contributed by atoms with Crippen LogP contribution in [0.2, 0.25) is 0 Å². The largest absolute Gasteiger partial charge is 0.487 e. The lowest BCUT2D eigenvalue weighted by atomic mass is 10.0. The smallest absolute Gasteiger partial charge is 0.339 e. The van der Waals surface area contributed by atoms with E-state index in [1.807, 2.05) is 43.3 Å². The topological polar surface area (TPSA) is 102 Å². The first-order valence-electron chi connectivity index (χ1n) is 9.10. The van der Waals surface area contributed by atoms with Gasteiger partial charge in [-0.05, 0) is 36.2 Å². The van der Waals surface area contributed by atoms with E-state index in [4.69, 9.17) is 14.2 Å². The SMILES string of the molecule is COCOc1cnc(-c2cc(C)c(OCc3ccccc3)c(C#N)c2)cc1C(=O)O. The highest BCUT2D eigenvalue weighted by molar-refractivity contribution is 5.92. The maximum atomic E-state index is 11.6. The zero-order chi connectivity index (χ0) is 21.5. The van der Waals surface area contributed by atoms with E-state index < -0.39 is 5.97 Å². The average Bonchev–Trinajstić information content (AvgIpc) is 2.76. The molecule has 0 unspecified atom stereocenters. The van der Waals surface area contributed by atoms with Crippen molar-refractivity contribution in [1.29, 1.82) is 5.26 Å². The number of aryl methyl sites for hydroxylation is 1. The van der Waals surface area contributed by atoms with Gasteiger partial charge in [-0.25, -0.2) is 4.79 Å². The third-order valence-corrected chi connectivity index (χ3v) is 4.35. The first kappa shape index (κ1) is 20.8. The third kappa shape index (κ3) is 4.74. The van der Waals surface area contributed by atoms with E-state index in [1.54, 1.807) is 6.07 Å². The van der Waals surface area contributed by atoms with Gasteiger partial charge >= 0.3 is 5.97 Å². The number of nitriles is 1. The molecule has 0 radical (unpaired) electrons. The maximum absolute atomic E-state index is 11.6. The van der Waals surface area contributed by atoms with Crippen LogP contribution in [0.3, 0.4) is 0 Å². The van der Waals surface area contributed by atoms with Gasteiger partial charge < -0.3 is 19.3 Å². The van der Waals surface area contributed by atoms with Crippen LogP contribution in [-0.2, 0) is 11.3 Å². The number of carboxylic acid groups (broad SMARTS) is 1. The Morgan fingerprint density at radius 1 is 1.17 bits per heavy atom. The molecule has 0 atom stereocenters. The summed E-state index contributed by atoms with van der Waals surface area (Å²) in [6.45, 7) is 2.08. The summed E-state index contributed by atoms with van der Waals surface area (Å²) in [5, 5.41) is 19.1. The van der Waals surface area contributed by atoms with Crippen LogP contribution in [0.1, 0.15) is 27.0 Å². The van der Waals surface area contributed by atoms with E-state index in [9.17, 15) is 15.2 Å². The Bertz CT molecular complexity index is 1090. The molecule has 0 aliphatic carbocycles. The van der Waals surface area contributed by atoms with Gasteiger partial charge in [-0.1, -0.05) is 30.3 Å². The maximum Gasteiger partial charge on any atom is 0.339 e. The van der Waals surface area contributed by atoms with Gasteiger partial charge in [-0.15, -0.1) is 0 Å². The first-order chi connectivity index (χ1) is 14.5. The standard InChI is InChI=1S/C23H20N2O5/c1-15-8-17(20-10-19(23(26)27)21(12-25-20)30-14-28-2)9-18(11-24)22(15)29-13-16-6-4-3-5-7-16/h3-10,12H,13-14H2,1-2H3,(H,26,27). The molecule has 30 heavy (non-hydrogen) atoms. The van der Waals surface area contributed by atoms with Gasteiger partial charge in [0, 0.05) is 12.7 Å². The molecule has 1 heterocycles. The van der Waals surface area contributed by atoms with Crippen LogP contribution < -0.4 is 9.47 Å². The van der Waals surface area contributed by atoms with Crippen molar-refractivity contribution in [3.8, 4) is 28.8 Å². The summed E-state index contributed by atoms with van der Waals surface area (Å²) >= 11 is 0. The Morgan fingerprint density at radius 3 is 2.60 bits per heavy atom. The van der Waals surface area contributed by atoms with Crippen molar-refractivity contribution in [2.45, 2.75) is 13.5 Å². The van der Waals surface area contributed by atoms with E-state index in [0.717, 1.165) is 11.1 Å². The molecule has 0 saturated heterocycles. The van der Waals surface area contributed by atoms with Gasteiger partial charge in [0.05, 0.1) is 17.5 Å². The average molecular weight is 404 g/mol. The predicted octanol–water partition coefficient (Wildman–Crippen LogP) is 4.19. The lowest BCUT2D eigenvalue weighted by Crippen LogP contribution is -2.07. The fraction of sp³-hybridized carbons (Fsp3) is 0.174. The molecule has 0 fully saturated rings. The van der Waals surface area contributed by atoms with Crippen molar-refractivity contribution in [1.82, 2.24) is 4.98 Å². The normalized spacial score (nSPS) is 10.3. The van der Waals surface area contributed by atoms with Crippen LogP contribution in [0.25, 0.3) is 11.3 Å². The zero-order valence-electron chi connectivity index (χ0n) is 16.6. The van der Waals surface area contributed by atoms with Crippen LogP contribution in [-0.4, -0.2) is 30.0 Å². The summed E-state index contributed by atoms with van der Waals surface area (Å²) in [5.41, 5.74) is 3.06. The van der Waals surface area contributed by atoms with E-state index in [1.165, 1.54) is 19.4 Å². The minimum Gasteiger partial charge on any atom is -0.487 e. The molecule has 1 aromatic heterocycles. The number of methoxy groups -OCH3 is 1. The molecule has 7 nitrogen and oxygen atoms in total. The summed E-state index contributed by atoms with van der Waals surface area (Å²) in [4.78, 5) is 15.9. The quantitative estimate of drug-likeness (QED) is 0.562. The van der Waals surface area contributed by atoms with Crippen molar-refractivity contribution in [3.05, 3.63) is 77.0 Å². The molecular weight excluding hydrogens is 384 g/mol. The molecule has 152 valence electrons. The number of aromatic carboxylic acids is 1. The molecule has 0 bridgehead atoms. The lowest BCUT2D eigenvalue weighted by Gasteiger charge is -2.14. The van der Waals surface area contributed by atoms with Gasteiger partial charge in [0.2, 0.25) is 0 Å². The Balaban J connectivity index is 1.93. The number of pyridine rings is 1. The van der Waals surface area contributed by atoms with Gasteiger partial charge in [0.15, 0.2) is 12.5 Å². The molecular formula is C23H20N2O5. The number of ether oxygens (including phenoxy) is 3. The summed E-state index contributed by atoms with van der Waals surface area (Å²) in [6, 6.07) is 16.7. The van der Waals surface area contributed by atoms with Crippen LogP contribution in [0, 0.1) is 18.3 Å². The molecule has 0 saturated carbocycles. The van der Waals surface area contributed by atoms with Gasteiger partial charge in [-0.2, -0.15) is 5.26 Å². The summed E-state index contributed by atoms with van der Waals surface area (Å²) < 4.78 is 16.0. The first-order valence-corrected chi connectivity index (χ1v) is 9.10. The number of benzene rings is 2. The van der Waals surface area contributed by atoms with Crippen molar-refractivity contribution in [2.75, 3.05) is 13.9 Å². The summed E-state index contributed by atoms with van der Waals surface area (Å²) in [7, 11) is 1.44. The Morgan fingerprint density at radius 2 is 1.93 bits per heavy atom. The number of carboxylic acids is 1. The Kier molecular flexibility index (Phi) is 6.63. The second-order valence-electron chi connectivity index (χ2n) is 6.48. The summed E-state index contributed by atoms with van der Waals surface area (Å²) in [5.74, 6) is -0.554. The predicted molar refractivity (Wildman–Crippen MR) is 109 cm³/mol. The van der Waals surface area contributed by atoms with Crippen LogP contribution >= 0.6 is 0 Å². The number of nitrogens with zero attached hydrogens (tertiary/aromatic N) is 2. The van der Waals surface area contributed by atoms with E-state index in [0.29, 0.717) is 29.2 Å². The fourth-order valence-electron chi connectivity index (χ4n) is 2.93. The number of hydrogen-bond acceptors (Lipinski definition) is 6. The molecule has 0 aliphatic rings. The van der Waals surface area contributed by atoms with Gasteiger partial charge in [0.1, 0.15) is 24.0 Å². The number of carbonyl (C=O) groups is 1. The minimum absolute atomic E-state index is 0.0439. The minimum atomic E-state index is -1.15. The van der Waals surface area contributed by atoms with Crippen molar-refractivity contribution in [3.63, 3.8) is 0 Å². The Labute approximate surface area is 174 Å². The number of hydrogen-bond donors (Lipinski definition) is 1. The third-order valence-electron chi connectivity index (χ3n) is 4.35. The zero-order valence-corrected chi connectivity index (χ0v) is 16.6. The monoisotopic (exact) mass is 404 g/mol. The van der Waals surface area contributed by atoms with Crippen LogP contribution in [0.5, 0.6) is 11.5 Å². The molecule has 3 aromatic rings. The van der Waals surface area contributed by atoms with Crippen LogP contribution in [0.4, 0.5) is 0 Å². The van der Waals surface area contributed by atoms with E-state index in [-0.39, 0.29) is 18.1 Å². The summed E-state index contributed by atoms with van der Waals surface area (Å²) in [6.07, 6.45) is 1.33. The van der Waals surface area contributed by atoms with Crippen molar-refractivity contribution < 1.29 is 24.1 Å².